The summed E-state index contributed by atoms with van der Waals surface area (Å²) in [6.07, 6.45) is 3.27. The summed E-state index contributed by atoms with van der Waals surface area (Å²) in [7, 11) is 0. The molecule has 2 amide bonds. The minimum absolute atomic E-state index is 0.268. The topological polar surface area (TPSA) is 66.5 Å². The van der Waals surface area contributed by atoms with Gasteiger partial charge in [-0.1, -0.05) is 12.1 Å². The molecule has 0 saturated carbocycles. The molecule has 1 aliphatic rings. The lowest BCUT2D eigenvalue weighted by Crippen LogP contribution is -2.38. The highest BCUT2D eigenvalue weighted by Crippen LogP contribution is 2.22. The molecule has 6 nitrogen and oxygen atoms in total. The van der Waals surface area contributed by atoms with Crippen LogP contribution in [0.3, 0.4) is 0 Å². The molecule has 126 valence electrons. The molecule has 1 aromatic carbocycles. The van der Waals surface area contributed by atoms with E-state index in [0.29, 0.717) is 11.7 Å². The zero-order valence-electron chi connectivity index (χ0n) is 13.7. The standard InChI is InChI=1S/C18H22N4O2/c1-14(22-10-12-24-13-11-22)15-2-4-16(5-3-15)20-18(23)21-17-6-8-19-9-7-17/h2-9,14H,10-13H2,1H3,(H2,19,20,21,23)/t14-/m0/s1. The van der Waals surface area contributed by atoms with Crippen molar-refractivity contribution >= 4 is 17.4 Å². The second-order valence-electron chi connectivity index (χ2n) is 5.76. The number of morpholine rings is 1. The first-order chi connectivity index (χ1) is 11.7. The number of carbonyl (C=O) groups is 1. The molecule has 24 heavy (non-hydrogen) atoms. The zero-order valence-corrected chi connectivity index (χ0v) is 13.7. The second-order valence-corrected chi connectivity index (χ2v) is 5.76. The number of amides is 2. The molecule has 2 N–H and O–H groups in total. The van der Waals surface area contributed by atoms with Gasteiger partial charge in [0.05, 0.1) is 13.2 Å². The maximum atomic E-state index is 12.0. The average Bonchev–Trinajstić information content (AvgIpc) is 2.63. The fraction of sp³-hybridized carbons (Fsp3) is 0.333. The van der Waals surface area contributed by atoms with E-state index in [9.17, 15) is 4.79 Å². The molecule has 0 unspecified atom stereocenters. The first-order valence-electron chi connectivity index (χ1n) is 8.12. The summed E-state index contributed by atoms with van der Waals surface area (Å²) < 4.78 is 5.40. The molecule has 1 aliphatic heterocycles. The van der Waals surface area contributed by atoms with Crippen LogP contribution >= 0.6 is 0 Å². The highest BCUT2D eigenvalue weighted by atomic mass is 16.5. The van der Waals surface area contributed by atoms with E-state index in [1.165, 1.54) is 5.56 Å². The van der Waals surface area contributed by atoms with Crippen molar-refractivity contribution in [3.05, 3.63) is 54.4 Å². The molecule has 3 rings (SSSR count). The van der Waals surface area contributed by atoms with Gasteiger partial charge in [0.15, 0.2) is 0 Å². The van der Waals surface area contributed by atoms with E-state index in [0.717, 1.165) is 32.0 Å². The summed E-state index contributed by atoms with van der Waals surface area (Å²) in [5.74, 6) is 0. The van der Waals surface area contributed by atoms with E-state index in [4.69, 9.17) is 4.74 Å². The largest absolute Gasteiger partial charge is 0.379 e. The van der Waals surface area contributed by atoms with Crippen LogP contribution in [0.1, 0.15) is 18.5 Å². The minimum atomic E-state index is -0.268. The Kier molecular flexibility index (Phi) is 5.40. The number of rotatable bonds is 4. The van der Waals surface area contributed by atoms with E-state index >= 15 is 0 Å². The van der Waals surface area contributed by atoms with Crippen molar-refractivity contribution in [2.24, 2.45) is 0 Å². The monoisotopic (exact) mass is 326 g/mol. The van der Waals surface area contributed by atoms with Gasteiger partial charge < -0.3 is 15.4 Å². The number of hydrogen-bond donors (Lipinski definition) is 2. The zero-order chi connectivity index (χ0) is 16.8. The van der Waals surface area contributed by atoms with Gasteiger partial charge in [-0.15, -0.1) is 0 Å². The number of aromatic nitrogens is 1. The van der Waals surface area contributed by atoms with Gasteiger partial charge in [0, 0.05) is 42.9 Å². The number of hydrogen-bond acceptors (Lipinski definition) is 4. The summed E-state index contributed by atoms with van der Waals surface area (Å²) in [4.78, 5) is 18.3. The van der Waals surface area contributed by atoms with Crippen LogP contribution in [0.5, 0.6) is 0 Å². The summed E-state index contributed by atoms with van der Waals surface area (Å²) in [5, 5.41) is 5.60. The molecule has 2 aromatic rings. The molecule has 6 heteroatoms. The summed E-state index contributed by atoms with van der Waals surface area (Å²) in [5.41, 5.74) is 2.71. The minimum Gasteiger partial charge on any atom is -0.379 e. The number of carbonyl (C=O) groups excluding carboxylic acids is 1. The third kappa shape index (κ3) is 4.31. The van der Waals surface area contributed by atoms with Crippen molar-refractivity contribution in [3.63, 3.8) is 0 Å². The van der Waals surface area contributed by atoms with Crippen molar-refractivity contribution < 1.29 is 9.53 Å². The maximum absolute atomic E-state index is 12.0. The molecule has 0 aliphatic carbocycles. The van der Waals surface area contributed by atoms with Gasteiger partial charge >= 0.3 is 6.03 Å². The highest BCUT2D eigenvalue weighted by molar-refractivity contribution is 5.99. The van der Waals surface area contributed by atoms with Crippen LogP contribution in [0, 0.1) is 0 Å². The molecule has 0 radical (unpaired) electrons. The Hall–Kier alpha value is -2.44. The Bertz CT molecular complexity index is 654. The van der Waals surface area contributed by atoms with E-state index in [1.807, 2.05) is 12.1 Å². The van der Waals surface area contributed by atoms with Gasteiger partial charge in [-0.2, -0.15) is 0 Å². The van der Waals surface area contributed by atoms with Crippen LogP contribution < -0.4 is 10.6 Å². The van der Waals surface area contributed by atoms with Gasteiger partial charge in [-0.3, -0.25) is 9.88 Å². The van der Waals surface area contributed by atoms with E-state index in [2.05, 4.69) is 39.6 Å². The van der Waals surface area contributed by atoms with Gasteiger partial charge in [0.2, 0.25) is 0 Å². The van der Waals surface area contributed by atoms with E-state index in [1.54, 1.807) is 24.5 Å². The number of benzene rings is 1. The number of ether oxygens (including phenoxy) is 1. The highest BCUT2D eigenvalue weighted by Gasteiger charge is 2.18. The summed E-state index contributed by atoms with van der Waals surface area (Å²) >= 11 is 0. The van der Waals surface area contributed by atoms with E-state index < -0.39 is 0 Å². The first kappa shape index (κ1) is 16.4. The molecular weight excluding hydrogens is 304 g/mol. The van der Waals surface area contributed by atoms with Crippen molar-refractivity contribution in [3.8, 4) is 0 Å². The normalized spacial score (nSPS) is 16.4. The van der Waals surface area contributed by atoms with Gasteiger partial charge in [-0.05, 0) is 36.8 Å². The van der Waals surface area contributed by atoms with Crippen LogP contribution in [0.25, 0.3) is 0 Å². The average molecular weight is 326 g/mol. The first-order valence-corrected chi connectivity index (χ1v) is 8.12. The fourth-order valence-corrected chi connectivity index (χ4v) is 2.75. The Morgan fingerprint density at radius 3 is 2.25 bits per heavy atom. The number of nitrogens with one attached hydrogen (secondary N) is 2. The fourth-order valence-electron chi connectivity index (χ4n) is 2.75. The summed E-state index contributed by atoms with van der Waals surface area (Å²) in [6.45, 7) is 5.69. The van der Waals surface area contributed by atoms with E-state index in [-0.39, 0.29) is 6.03 Å². The smallest absolute Gasteiger partial charge is 0.323 e. The third-order valence-corrected chi connectivity index (χ3v) is 4.18. The van der Waals surface area contributed by atoms with Crippen molar-refractivity contribution in [2.45, 2.75) is 13.0 Å². The predicted octanol–water partition coefficient (Wildman–Crippen LogP) is 3.12. The summed E-state index contributed by atoms with van der Waals surface area (Å²) in [6, 6.07) is 11.5. The SMILES string of the molecule is C[C@@H](c1ccc(NC(=O)Nc2ccncc2)cc1)N1CCOCC1. The molecule has 2 heterocycles. The van der Waals surface area contributed by atoms with Crippen molar-refractivity contribution in [1.29, 1.82) is 0 Å². The van der Waals surface area contributed by atoms with Gasteiger partial charge in [-0.25, -0.2) is 4.79 Å². The molecule has 1 fully saturated rings. The van der Waals surface area contributed by atoms with Crippen LogP contribution in [0.4, 0.5) is 16.2 Å². The molecule has 1 atom stereocenters. The Labute approximate surface area is 141 Å². The third-order valence-electron chi connectivity index (χ3n) is 4.18. The quantitative estimate of drug-likeness (QED) is 0.906. The number of anilines is 2. The lowest BCUT2D eigenvalue weighted by Gasteiger charge is -2.32. The Morgan fingerprint density at radius 2 is 1.62 bits per heavy atom. The molecular formula is C18H22N4O2. The van der Waals surface area contributed by atoms with Crippen molar-refractivity contribution in [1.82, 2.24) is 9.88 Å². The maximum Gasteiger partial charge on any atom is 0.323 e. The van der Waals surface area contributed by atoms with Crippen molar-refractivity contribution in [2.75, 3.05) is 36.9 Å². The molecule has 1 saturated heterocycles. The molecule has 0 bridgehead atoms. The van der Waals surface area contributed by atoms with Crippen LogP contribution in [-0.2, 0) is 4.74 Å². The number of urea groups is 1. The van der Waals surface area contributed by atoms with Gasteiger partial charge in [0.1, 0.15) is 0 Å². The number of pyridine rings is 1. The van der Waals surface area contributed by atoms with Gasteiger partial charge in [0.25, 0.3) is 0 Å². The van der Waals surface area contributed by atoms with Crippen LogP contribution in [0.15, 0.2) is 48.8 Å². The Balaban J connectivity index is 1.57. The Morgan fingerprint density at radius 1 is 1.04 bits per heavy atom. The van der Waals surface area contributed by atoms with Crippen LogP contribution in [-0.4, -0.2) is 42.2 Å². The predicted molar refractivity (Wildman–Crippen MR) is 94.1 cm³/mol. The lowest BCUT2D eigenvalue weighted by molar-refractivity contribution is 0.0198. The molecule has 1 aromatic heterocycles. The lowest BCUT2D eigenvalue weighted by atomic mass is 10.1. The van der Waals surface area contributed by atoms with Crippen LogP contribution in [0.2, 0.25) is 0 Å². The number of nitrogens with zero attached hydrogens (tertiary/aromatic N) is 2. The second kappa shape index (κ2) is 7.90. The molecule has 0 spiro atoms.